The summed E-state index contributed by atoms with van der Waals surface area (Å²) >= 11 is 0. The molecular formula is C17H27N5O7. The van der Waals surface area contributed by atoms with E-state index in [-0.39, 0.29) is 43.8 Å². The Labute approximate surface area is 168 Å². The molecule has 1 rings (SSSR count). The monoisotopic (exact) mass is 413 g/mol. The second kappa shape index (κ2) is 16.5. The summed E-state index contributed by atoms with van der Waals surface area (Å²) in [6.07, 6.45) is 2.59. The molecule has 1 aliphatic rings. The second-order valence-corrected chi connectivity index (χ2v) is 5.67. The quantitative estimate of drug-likeness (QED) is 0.107. The van der Waals surface area contributed by atoms with Gasteiger partial charge in [-0.1, -0.05) is 5.11 Å². The van der Waals surface area contributed by atoms with Gasteiger partial charge in [-0.2, -0.15) is 0 Å². The van der Waals surface area contributed by atoms with Crippen LogP contribution in [0, 0.1) is 0 Å². The minimum atomic E-state index is -0.367. The van der Waals surface area contributed by atoms with Gasteiger partial charge in [0.1, 0.15) is 0 Å². The van der Waals surface area contributed by atoms with Gasteiger partial charge in [0.15, 0.2) is 0 Å². The van der Waals surface area contributed by atoms with Gasteiger partial charge < -0.3 is 24.3 Å². The third kappa shape index (κ3) is 12.5. The number of azide groups is 1. The normalized spacial score (nSPS) is 13.0. The van der Waals surface area contributed by atoms with Crippen LogP contribution in [-0.2, 0) is 33.3 Å². The van der Waals surface area contributed by atoms with E-state index < -0.39 is 0 Å². The fourth-order valence-corrected chi connectivity index (χ4v) is 2.12. The summed E-state index contributed by atoms with van der Waals surface area (Å²) in [5.41, 5.74) is 8.08. The standard InChI is InChI=1S/C17H27N5O7/c18-21-20-5-8-27-10-12-29-14-13-28-11-9-26-7-3-15(23)19-4-6-22-16(24)1-2-17(22)25/h1-2H,3-14H2,(H,19,23). The Hall–Kier alpha value is -2.50. The molecule has 1 N–H and O–H groups in total. The number of nitrogens with one attached hydrogen (secondary N) is 1. The fourth-order valence-electron chi connectivity index (χ4n) is 2.12. The predicted molar refractivity (Wildman–Crippen MR) is 101 cm³/mol. The summed E-state index contributed by atoms with van der Waals surface area (Å²) in [5, 5.41) is 5.97. The van der Waals surface area contributed by atoms with Crippen LogP contribution in [-0.4, -0.2) is 95.1 Å². The molecular weight excluding hydrogens is 386 g/mol. The van der Waals surface area contributed by atoms with Gasteiger partial charge in [0.25, 0.3) is 11.8 Å². The number of rotatable bonds is 18. The molecule has 1 heterocycles. The van der Waals surface area contributed by atoms with Crippen molar-refractivity contribution in [3.63, 3.8) is 0 Å². The summed E-state index contributed by atoms with van der Waals surface area (Å²) in [5.74, 6) is -0.949. The molecule has 0 spiro atoms. The van der Waals surface area contributed by atoms with E-state index in [1.807, 2.05) is 0 Å². The van der Waals surface area contributed by atoms with Crippen LogP contribution in [0.25, 0.3) is 10.4 Å². The van der Waals surface area contributed by atoms with E-state index in [9.17, 15) is 14.4 Å². The zero-order valence-electron chi connectivity index (χ0n) is 16.3. The molecule has 0 saturated heterocycles. The van der Waals surface area contributed by atoms with E-state index in [1.54, 1.807) is 0 Å². The minimum absolute atomic E-state index is 0.148. The van der Waals surface area contributed by atoms with Crippen LogP contribution in [0.5, 0.6) is 0 Å². The van der Waals surface area contributed by atoms with Gasteiger partial charge >= 0.3 is 0 Å². The number of imide groups is 1. The number of ether oxygens (including phenoxy) is 4. The molecule has 0 aromatic rings. The molecule has 0 radical (unpaired) electrons. The summed E-state index contributed by atoms with van der Waals surface area (Å²) in [6.45, 7) is 3.74. The van der Waals surface area contributed by atoms with Crippen LogP contribution < -0.4 is 5.32 Å². The Morgan fingerprint density at radius 3 is 2.00 bits per heavy atom. The predicted octanol–water partition coefficient (Wildman–Crippen LogP) is -0.206. The minimum Gasteiger partial charge on any atom is -0.379 e. The number of amides is 3. The van der Waals surface area contributed by atoms with E-state index in [0.29, 0.717) is 52.8 Å². The average Bonchev–Trinajstić information content (AvgIpc) is 3.03. The van der Waals surface area contributed by atoms with Gasteiger partial charge in [0.2, 0.25) is 5.91 Å². The van der Waals surface area contributed by atoms with E-state index in [2.05, 4.69) is 15.3 Å². The molecule has 12 nitrogen and oxygen atoms in total. The van der Waals surface area contributed by atoms with Crippen LogP contribution in [0.4, 0.5) is 0 Å². The highest BCUT2D eigenvalue weighted by molar-refractivity contribution is 6.12. The van der Waals surface area contributed by atoms with E-state index >= 15 is 0 Å². The Morgan fingerprint density at radius 2 is 1.45 bits per heavy atom. The van der Waals surface area contributed by atoms with Crippen molar-refractivity contribution < 1.29 is 33.3 Å². The van der Waals surface area contributed by atoms with E-state index in [4.69, 9.17) is 24.5 Å². The smallest absolute Gasteiger partial charge is 0.253 e. The Bertz CT molecular complexity index is 575. The molecule has 0 atom stereocenters. The summed E-state index contributed by atoms with van der Waals surface area (Å²) in [7, 11) is 0. The van der Waals surface area contributed by atoms with Crippen molar-refractivity contribution in [1.29, 1.82) is 0 Å². The van der Waals surface area contributed by atoms with Crippen LogP contribution in [0.2, 0.25) is 0 Å². The number of hydrogen-bond acceptors (Lipinski definition) is 8. The molecule has 0 saturated carbocycles. The van der Waals surface area contributed by atoms with E-state index in [1.165, 1.54) is 12.2 Å². The maximum Gasteiger partial charge on any atom is 0.253 e. The van der Waals surface area contributed by atoms with Crippen molar-refractivity contribution in [2.24, 2.45) is 5.11 Å². The Morgan fingerprint density at radius 1 is 0.931 bits per heavy atom. The van der Waals surface area contributed by atoms with Crippen LogP contribution in [0.1, 0.15) is 6.42 Å². The van der Waals surface area contributed by atoms with Crippen molar-refractivity contribution in [2.75, 3.05) is 72.5 Å². The van der Waals surface area contributed by atoms with Crippen LogP contribution >= 0.6 is 0 Å². The summed E-state index contributed by atoms with van der Waals surface area (Å²) in [6, 6.07) is 0. The van der Waals surface area contributed by atoms with Gasteiger partial charge in [-0.25, -0.2) is 0 Å². The second-order valence-electron chi connectivity index (χ2n) is 5.67. The summed E-state index contributed by atoms with van der Waals surface area (Å²) in [4.78, 5) is 38.0. The number of carbonyl (C=O) groups is 3. The first-order chi connectivity index (χ1) is 14.1. The lowest BCUT2D eigenvalue weighted by atomic mass is 10.4. The third-order valence-electron chi connectivity index (χ3n) is 3.55. The highest BCUT2D eigenvalue weighted by Gasteiger charge is 2.22. The molecule has 0 aromatic carbocycles. The maximum absolute atomic E-state index is 11.6. The first-order valence-corrected chi connectivity index (χ1v) is 9.27. The van der Waals surface area contributed by atoms with Gasteiger partial charge in [0.05, 0.1) is 52.9 Å². The Kier molecular flexibility index (Phi) is 13.9. The van der Waals surface area contributed by atoms with Crippen molar-refractivity contribution in [1.82, 2.24) is 10.2 Å². The molecule has 162 valence electrons. The van der Waals surface area contributed by atoms with Crippen molar-refractivity contribution in [3.8, 4) is 0 Å². The van der Waals surface area contributed by atoms with Crippen molar-refractivity contribution >= 4 is 17.7 Å². The molecule has 29 heavy (non-hydrogen) atoms. The van der Waals surface area contributed by atoms with Gasteiger partial charge in [-0.3, -0.25) is 19.3 Å². The lowest BCUT2D eigenvalue weighted by Gasteiger charge is -2.14. The lowest BCUT2D eigenvalue weighted by molar-refractivity contribution is -0.137. The molecule has 0 fully saturated rings. The average molecular weight is 413 g/mol. The van der Waals surface area contributed by atoms with Gasteiger partial charge in [-0.05, 0) is 5.53 Å². The lowest BCUT2D eigenvalue weighted by Crippen LogP contribution is -2.38. The molecule has 1 aliphatic heterocycles. The molecule has 12 heteroatoms. The Balaban J connectivity index is 1.80. The zero-order valence-corrected chi connectivity index (χ0v) is 16.3. The number of carbonyl (C=O) groups excluding carboxylic acids is 3. The number of nitrogens with zero attached hydrogens (tertiary/aromatic N) is 4. The largest absolute Gasteiger partial charge is 0.379 e. The topological polar surface area (TPSA) is 152 Å². The first-order valence-electron chi connectivity index (χ1n) is 9.27. The molecule has 0 aliphatic carbocycles. The summed E-state index contributed by atoms with van der Waals surface area (Å²) < 4.78 is 21.1. The van der Waals surface area contributed by atoms with E-state index in [0.717, 1.165) is 4.90 Å². The van der Waals surface area contributed by atoms with Crippen LogP contribution in [0.3, 0.4) is 0 Å². The highest BCUT2D eigenvalue weighted by atomic mass is 16.6. The molecule has 0 unspecified atom stereocenters. The van der Waals surface area contributed by atoms with Crippen molar-refractivity contribution in [3.05, 3.63) is 22.6 Å². The SMILES string of the molecule is [N-]=[N+]=NCCOCCOCCOCCOCCC(=O)NCCN1C(=O)C=CC1=O. The fraction of sp³-hybridized carbons (Fsp3) is 0.706. The zero-order chi connectivity index (χ0) is 21.2. The van der Waals surface area contributed by atoms with Gasteiger partial charge in [0, 0.05) is 43.1 Å². The third-order valence-corrected chi connectivity index (χ3v) is 3.55. The number of hydrogen-bond donors (Lipinski definition) is 1. The maximum atomic E-state index is 11.6. The van der Waals surface area contributed by atoms with Crippen LogP contribution in [0.15, 0.2) is 17.3 Å². The first kappa shape index (κ1) is 24.5. The molecule has 0 bridgehead atoms. The van der Waals surface area contributed by atoms with Gasteiger partial charge in [-0.15, -0.1) is 0 Å². The highest BCUT2D eigenvalue weighted by Crippen LogP contribution is 2.01. The van der Waals surface area contributed by atoms with Crippen molar-refractivity contribution in [2.45, 2.75) is 6.42 Å². The molecule has 0 aromatic heterocycles. The molecule has 3 amide bonds.